The minimum Gasteiger partial charge on any atom is -0.459 e. The number of fused-ring (bicyclic) bond motifs is 1. The van der Waals surface area contributed by atoms with E-state index in [0.717, 1.165) is 4.47 Å². The number of benzene rings is 3. The SMILES string of the molecule is O=C(C[n+]1c(O)[n+](-c2ccccc2)c(O)c2cc(Br)ccc21)c1ccccc1. The minimum atomic E-state index is -0.234. The third-order valence-corrected chi connectivity index (χ3v) is 5.05. The molecule has 2 N–H and O–H groups in total. The number of nitrogens with zero attached hydrogens (tertiary/aromatic N) is 2. The van der Waals surface area contributed by atoms with E-state index >= 15 is 0 Å². The lowest BCUT2D eigenvalue weighted by Crippen LogP contribution is -2.48. The molecule has 0 amide bonds. The average molecular weight is 437 g/mol. The molecule has 0 spiro atoms. The molecule has 0 atom stereocenters. The largest absolute Gasteiger partial charge is 0.638 e. The van der Waals surface area contributed by atoms with E-state index in [2.05, 4.69) is 15.9 Å². The maximum absolute atomic E-state index is 12.8. The molecule has 4 rings (SSSR count). The number of carbonyl (C=O) groups excluding carboxylic acids is 1. The van der Waals surface area contributed by atoms with Crippen molar-refractivity contribution >= 4 is 32.6 Å². The fraction of sp³-hybridized carbons (Fsp3) is 0.0455. The Bertz CT molecular complexity index is 1180. The Morgan fingerprint density at radius 1 is 0.893 bits per heavy atom. The zero-order valence-electron chi connectivity index (χ0n) is 14.8. The van der Waals surface area contributed by atoms with Gasteiger partial charge in [-0.15, -0.1) is 0 Å². The number of carbonyl (C=O) groups is 1. The second-order valence-electron chi connectivity index (χ2n) is 6.33. The van der Waals surface area contributed by atoms with E-state index in [9.17, 15) is 15.0 Å². The molecule has 28 heavy (non-hydrogen) atoms. The van der Waals surface area contributed by atoms with E-state index in [1.807, 2.05) is 24.3 Å². The summed E-state index contributed by atoms with van der Waals surface area (Å²) in [6.07, 6.45) is 0. The topological polar surface area (TPSA) is 65.3 Å². The Hall–Kier alpha value is -3.25. The highest BCUT2D eigenvalue weighted by Gasteiger charge is 2.36. The van der Waals surface area contributed by atoms with Gasteiger partial charge in [-0.1, -0.05) is 69.0 Å². The van der Waals surface area contributed by atoms with Crippen LogP contribution in [0, 0.1) is 0 Å². The van der Waals surface area contributed by atoms with Gasteiger partial charge in [0.1, 0.15) is 0 Å². The summed E-state index contributed by atoms with van der Waals surface area (Å²) in [7, 11) is 0. The van der Waals surface area contributed by atoms with Gasteiger partial charge < -0.3 is 10.2 Å². The molecule has 0 aliphatic heterocycles. The van der Waals surface area contributed by atoms with E-state index in [1.54, 1.807) is 54.6 Å². The minimum absolute atomic E-state index is 0.0684. The standard InChI is InChI=1S/C22H15BrN2O3/c23-16-11-12-19-18(13-16)21(27)25(17-9-5-2-6-10-17)22(28)24(19)14-20(26)15-7-3-1-4-8-15/h1-13H,14H2/p+2. The van der Waals surface area contributed by atoms with Crippen LogP contribution in [0.25, 0.3) is 16.6 Å². The van der Waals surface area contributed by atoms with Crippen molar-refractivity contribution in [2.45, 2.75) is 6.54 Å². The highest BCUT2D eigenvalue weighted by molar-refractivity contribution is 9.10. The van der Waals surface area contributed by atoms with Crippen molar-refractivity contribution in [3.8, 4) is 17.6 Å². The van der Waals surface area contributed by atoms with Crippen LogP contribution in [0.1, 0.15) is 10.4 Å². The first-order chi connectivity index (χ1) is 13.6. The Morgan fingerprint density at radius 3 is 2.21 bits per heavy atom. The van der Waals surface area contributed by atoms with Crippen LogP contribution in [0.4, 0.5) is 0 Å². The first kappa shape index (κ1) is 18.1. The van der Waals surface area contributed by atoms with Crippen LogP contribution in [0.2, 0.25) is 0 Å². The van der Waals surface area contributed by atoms with Crippen molar-refractivity contribution in [3.63, 3.8) is 0 Å². The third-order valence-electron chi connectivity index (χ3n) is 4.56. The maximum Gasteiger partial charge on any atom is 0.638 e. The first-order valence-corrected chi connectivity index (χ1v) is 9.48. The van der Waals surface area contributed by atoms with Gasteiger partial charge in [-0.2, -0.15) is 0 Å². The summed E-state index contributed by atoms with van der Waals surface area (Å²) in [4.78, 5) is 12.8. The molecule has 0 aliphatic rings. The number of hydrogen-bond acceptors (Lipinski definition) is 3. The van der Waals surface area contributed by atoms with Crippen LogP contribution in [0.15, 0.2) is 83.3 Å². The molecule has 1 heterocycles. The average Bonchev–Trinajstić information content (AvgIpc) is 2.72. The van der Waals surface area contributed by atoms with E-state index in [-0.39, 0.29) is 24.2 Å². The normalized spacial score (nSPS) is 10.9. The number of rotatable bonds is 4. The fourth-order valence-corrected chi connectivity index (χ4v) is 3.56. The molecule has 5 nitrogen and oxygen atoms in total. The van der Waals surface area contributed by atoms with Crippen molar-refractivity contribution in [3.05, 3.63) is 88.9 Å². The monoisotopic (exact) mass is 436 g/mol. The van der Waals surface area contributed by atoms with Crippen molar-refractivity contribution in [1.82, 2.24) is 0 Å². The summed E-state index contributed by atoms with van der Waals surface area (Å²) in [6.45, 7) is -0.0684. The van der Waals surface area contributed by atoms with E-state index in [4.69, 9.17) is 0 Å². The summed E-state index contributed by atoms with van der Waals surface area (Å²) in [5.74, 6) is -0.251. The molecule has 0 saturated heterocycles. The van der Waals surface area contributed by atoms with Gasteiger partial charge in [0.25, 0.3) is 0 Å². The van der Waals surface area contributed by atoms with Gasteiger partial charge in [0.05, 0.1) is 0 Å². The fourth-order valence-electron chi connectivity index (χ4n) is 3.20. The summed E-state index contributed by atoms with van der Waals surface area (Å²) >= 11 is 3.42. The zero-order valence-corrected chi connectivity index (χ0v) is 16.4. The molecule has 6 heteroatoms. The molecular formula is C22H17BrN2O3+2. The number of Topliss-reactive ketones (excluding diaryl/α,β-unsaturated/α-hetero) is 1. The van der Waals surface area contributed by atoms with Crippen molar-refractivity contribution < 1.29 is 24.1 Å². The summed E-state index contributed by atoms with van der Waals surface area (Å²) < 4.78 is 3.61. The smallest absolute Gasteiger partial charge is 0.459 e. The molecule has 0 bridgehead atoms. The van der Waals surface area contributed by atoms with Gasteiger partial charge in [-0.05, 0) is 16.7 Å². The molecular weight excluding hydrogens is 420 g/mol. The second-order valence-corrected chi connectivity index (χ2v) is 7.25. The summed E-state index contributed by atoms with van der Waals surface area (Å²) in [6, 6.07) is 23.0. The van der Waals surface area contributed by atoms with E-state index in [0.29, 0.717) is 22.2 Å². The van der Waals surface area contributed by atoms with E-state index in [1.165, 1.54) is 9.13 Å². The number of ketones is 1. The predicted octanol–water partition coefficient (Wildman–Crippen LogP) is 3.46. The van der Waals surface area contributed by atoms with Crippen LogP contribution >= 0.6 is 15.9 Å². The molecule has 0 aliphatic carbocycles. The molecule has 0 unspecified atom stereocenters. The van der Waals surface area contributed by atoms with Crippen LogP contribution < -0.4 is 9.13 Å². The van der Waals surface area contributed by atoms with Crippen molar-refractivity contribution in [2.75, 3.05) is 0 Å². The van der Waals surface area contributed by atoms with Crippen molar-refractivity contribution in [2.24, 2.45) is 0 Å². The highest BCUT2D eigenvalue weighted by atomic mass is 79.9. The Balaban J connectivity index is 1.95. The lowest BCUT2D eigenvalue weighted by atomic mass is 10.1. The Kier molecular flexibility index (Phi) is 4.79. The van der Waals surface area contributed by atoms with Gasteiger partial charge in [0.2, 0.25) is 23.5 Å². The molecule has 0 radical (unpaired) electrons. The number of para-hydroxylation sites is 1. The number of aromatic hydroxyl groups is 2. The predicted molar refractivity (Wildman–Crippen MR) is 107 cm³/mol. The highest BCUT2D eigenvalue weighted by Crippen LogP contribution is 2.26. The van der Waals surface area contributed by atoms with Gasteiger partial charge >= 0.3 is 11.9 Å². The summed E-state index contributed by atoms with van der Waals surface area (Å²) in [5.41, 5.74) is 1.69. The molecule has 1 aromatic heterocycles. The maximum atomic E-state index is 12.8. The first-order valence-electron chi connectivity index (χ1n) is 8.69. The van der Waals surface area contributed by atoms with Crippen LogP contribution in [-0.4, -0.2) is 16.0 Å². The van der Waals surface area contributed by atoms with E-state index < -0.39 is 0 Å². The van der Waals surface area contributed by atoms with Gasteiger partial charge in [0.15, 0.2) is 5.39 Å². The molecule has 3 aromatic carbocycles. The van der Waals surface area contributed by atoms with Crippen LogP contribution in [-0.2, 0) is 6.54 Å². The van der Waals surface area contributed by atoms with Gasteiger partial charge in [-0.3, -0.25) is 4.79 Å². The summed E-state index contributed by atoms with van der Waals surface area (Å²) in [5, 5.41) is 22.4. The number of hydrogen-bond donors (Lipinski definition) is 2. The number of aromatic nitrogens is 2. The molecule has 0 saturated carbocycles. The van der Waals surface area contributed by atoms with Crippen LogP contribution in [0.5, 0.6) is 11.9 Å². The molecule has 4 aromatic rings. The number of halogens is 1. The van der Waals surface area contributed by atoms with Crippen LogP contribution in [0.3, 0.4) is 0 Å². The second kappa shape index (κ2) is 7.40. The Morgan fingerprint density at radius 2 is 1.54 bits per heavy atom. The lowest BCUT2D eigenvalue weighted by molar-refractivity contribution is -0.774. The van der Waals surface area contributed by atoms with Crippen molar-refractivity contribution in [1.29, 1.82) is 0 Å². The molecule has 0 fully saturated rings. The quantitative estimate of drug-likeness (QED) is 0.380. The van der Waals surface area contributed by atoms with Gasteiger partial charge in [-0.25, -0.2) is 0 Å². The molecule has 138 valence electrons. The third kappa shape index (κ3) is 3.23. The zero-order chi connectivity index (χ0) is 19.7. The Labute approximate surface area is 169 Å². The van der Waals surface area contributed by atoms with Gasteiger partial charge in [0, 0.05) is 28.2 Å². The lowest BCUT2D eigenvalue weighted by Gasteiger charge is -2.05.